The van der Waals surface area contributed by atoms with E-state index in [9.17, 15) is 13.2 Å². The Hall–Kier alpha value is -0.620. The van der Waals surface area contributed by atoms with E-state index in [0.29, 0.717) is 6.61 Å². The third kappa shape index (κ3) is 9.47. The van der Waals surface area contributed by atoms with Gasteiger partial charge in [-0.1, -0.05) is 19.8 Å². The molecule has 6 heteroatoms. The maximum absolute atomic E-state index is 10.8. The van der Waals surface area contributed by atoms with E-state index in [1.54, 1.807) is 0 Å². The summed E-state index contributed by atoms with van der Waals surface area (Å²) in [5, 5.41) is 0. The minimum Gasteiger partial charge on any atom is -0.464 e. The van der Waals surface area contributed by atoms with Crippen LogP contribution < -0.4 is 0 Å². The standard InChI is InChI=1S/C8H16O5S/c1-3-4-5-6-12-8(9)7-13-14(2,10)11/h3-7H2,1-2H3. The van der Waals surface area contributed by atoms with Crippen LogP contribution in [0.25, 0.3) is 0 Å². The summed E-state index contributed by atoms with van der Waals surface area (Å²) in [4.78, 5) is 10.8. The highest BCUT2D eigenvalue weighted by molar-refractivity contribution is 7.86. The van der Waals surface area contributed by atoms with Crippen LogP contribution in [-0.4, -0.2) is 33.9 Å². The third-order valence-electron chi connectivity index (χ3n) is 1.40. The maximum atomic E-state index is 10.8. The first-order valence-corrected chi connectivity index (χ1v) is 6.27. The van der Waals surface area contributed by atoms with Crippen LogP contribution in [0, 0.1) is 0 Å². The second-order valence-corrected chi connectivity index (χ2v) is 4.54. The van der Waals surface area contributed by atoms with Crippen LogP contribution in [0.5, 0.6) is 0 Å². The lowest BCUT2D eigenvalue weighted by atomic mass is 10.3. The quantitative estimate of drug-likeness (QED) is 0.361. The second kappa shape index (κ2) is 6.78. The molecule has 0 aliphatic heterocycles. The van der Waals surface area contributed by atoms with E-state index < -0.39 is 22.7 Å². The van der Waals surface area contributed by atoms with E-state index in [-0.39, 0.29) is 0 Å². The largest absolute Gasteiger partial charge is 0.464 e. The lowest BCUT2D eigenvalue weighted by Crippen LogP contribution is -2.16. The number of esters is 1. The van der Waals surface area contributed by atoms with E-state index in [0.717, 1.165) is 25.5 Å². The maximum Gasteiger partial charge on any atom is 0.333 e. The Kier molecular flexibility index (Phi) is 6.48. The molecule has 0 amide bonds. The van der Waals surface area contributed by atoms with Crippen molar-refractivity contribution in [1.82, 2.24) is 0 Å². The Morgan fingerprint density at radius 3 is 2.43 bits per heavy atom. The van der Waals surface area contributed by atoms with Crippen molar-refractivity contribution >= 4 is 16.1 Å². The lowest BCUT2D eigenvalue weighted by molar-refractivity contribution is -0.146. The van der Waals surface area contributed by atoms with Gasteiger partial charge in [0.05, 0.1) is 12.9 Å². The zero-order chi connectivity index (χ0) is 11.0. The Balaban J connectivity index is 3.47. The molecule has 0 saturated heterocycles. The highest BCUT2D eigenvalue weighted by atomic mass is 32.2. The first kappa shape index (κ1) is 13.4. The highest BCUT2D eigenvalue weighted by Crippen LogP contribution is 1.95. The molecule has 0 N–H and O–H groups in total. The summed E-state index contributed by atoms with van der Waals surface area (Å²) in [6.07, 6.45) is 3.70. The fourth-order valence-corrected chi connectivity index (χ4v) is 1.05. The molecule has 0 aliphatic carbocycles. The minimum atomic E-state index is -3.56. The number of ether oxygens (including phenoxy) is 1. The van der Waals surface area contributed by atoms with Crippen LogP contribution in [0.3, 0.4) is 0 Å². The number of carbonyl (C=O) groups excluding carboxylic acids is 1. The minimum absolute atomic E-state index is 0.319. The third-order valence-corrected chi connectivity index (χ3v) is 1.95. The van der Waals surface area contributed by atoms with Crippen LogP contribution in [0.2, 0.25) is 0 Å². The fourth-order valence-electron chi connectivity index (χ4n) is 0.735. The van der Waals surface area contributed by atoms with Crippen molar-refractivity contribution in [3.05, 3.63) is 0 Å². The molecule has 84 valence electrons. The van der Waals surface area contributed by atoms with E-state index >= 15 is 0 Å². The van der Waals surface area contributed by atoms with Crippen LogP contribution in [0.4, 0.5) is 0 Å². The SMILES string of the molecule is CCCCCOC(=O)COS(C)(=O)=O. The van der Waals surface area contributed by atoms with Crippen molar-refractivity contribution in [1.29, 1.82) is 0 Å². The van der Waals surface area contributed by atoms with Gasteiger partial charge in [-0.3, -0.25) is 4.18 Å². The molecule has 0 bridgehead atoms. The number of hydrogen-bond donors (Lipinski definition) is 0. The Morgan fingerprint density at radius 1 is 1.29 bits per heavy atom. The Morgan fingerprint density at radius 2 is 1.93 bits per heavy atom. The van der Waals surface area contributed by atoms with Crippen molar-refractivity contribution in [2.75, 3.05) is 19.5 Å². The van der Waals surface area contributed by atoms with Gasteiger partial charge in [0.1, 0.15) is 0 Å². The molecule has 0 unspecified atom stereocenters. The summed E-state index contributed by atoms with van der Waals surface area (Å²) < 4.78 is 29.9. The second-order valence-electron chi connectivity index (χ2n) is 2.89. The first-order valence-electron chi connectivity index (χ1n) is 4.45. The van der Waals surface area contributed by atoms with Crippen molar-refractivity contribution in [2.24, 2.45) is 0 Å². The first-order chi connectivity index (χ1) is 6.45. The van der Waals surface area contributed by atoms with Crippen molar-refractivity contribution in [3.8, 4) is 0 Å². The molecule has 0 saturated carbocycles. The number of carbonyl (C=O) groups is 1. The van der Waals surface area contributed by atoms with Gasteiger partial charge in [0.2, 0.25) is 0 Å². The monoisotopic (exact) mass is 224 g/mol. The molecule has 5 nitrogen and oxygen atoms in total. The summed E-state index contributed by atoms with van der Waals surface area (Å²) in [6.45, 7) is 1.82. The van der Waals surface area contributed by atoms with Gasteiger partial charge in [-0.2, -0.15) is 8.42 Å². The van der Waals surface area contributed by atoms with E-state index in [1.807, 2.05) is 6.92 Å². The molecule has 0 aromatic rings. The van der Waals surface area contributed by atoms with Crippen molar-refractivity contribution < 1.29 is 22.1 Å². The van der Waals surface area contributed by atoms with Gasteiger partial charge in [0, 0.05) is 0 Å². The number of rotatable bonds is 7. The number of hydrogen-bond acceptors (Lipinski definition) is 5. The Bertz CT molecular complexity index is 257. The Labute approximate surface area is 84.5 Å². The normalized spacial score (nSPS) is 11.3. The molecular weight excluding hydrogens is 208 g/mol. The van der Waals surface area contributed by atoms with Crippen LogP contribution in [0.1, 0.15) is 26.2 Å². The van der Waals surface area contributed by atoms with Gasteiger partial charge in [-0.05, 0) is 6.42 Å². The van der Waals surface area contributed by atoms with Gasteiger partial charge in [0.25, 0.3) is 10.1 Å². The van der Waals surface area contributed by atoms with Crippen molar-refractivity contribution in [3.63, 3.8) is 0 Å². The molecule has 0 aliphatic rings. The molecule has 0 spiro atoms. The molecule has 0 atom stereocenters. The molecule has 0 rings (SSSR count). The number of unbranched alkanes of at least 4 members (excludes halogenated alkanes) is 2. The van der Waals surface area contributed by atoms with E-state index in [4.69, 9.17) is 4.74 Å². The predicted molar refractivity (Wildman–Crippen MR) is 51.3 cm³/mol. The molecule has 0 fully saturated rings. The molecule has 0 aromatic carbocycles. The van der Waals surface area contributed by atoms with Crippen molar-refractivity contribution in [2.45, 2.75) is 26.2 Å². The lowest BCUT2D eigenvalue weighted by Gasteiger charge is -2.03. The average molecular weight is 224 g/mol. The van der Waals surface area contributed by atoms with Crippen LogP contribution in [-0.2, 0) is 23.8 Å². The average Bonchev–Trinajstić information content (AvgIpc) is 2.08. The highest BCUT2D eigenvalue weighted by Gasteiger charge is 2.08. The van der Waals surface area contributed by atoms with Gasteiger partial charge >= 0.3 is 5.97 Å². The smallest absolute Gasteiger partial charge is 0.333 e. The summed E-state index contributed by atoms with van der Waals surface area (Å²) in [7, 11) is -3.56. The van der Waals surface area contributed by atoms with Crippen LogP contribution in [0.15, 0.2) is 0 Å². The summed E-state index contributed by atoms with van der Waals surface area (Å²) in [6, 6.07) is 0. The van der Waals surface area contributed by atoms with Gasteiger partial charge in [-0.25, -0.2) is 4.79 Å². The zero-order valence-corrected chi connectivity index (χ0v) is 9.30. The predicted octanol–water partition coefficient (Wildman–Crippen LogP) is 0.696. The summed E-state index contributed by atoms with van der Waals surface area (Å²) in [5.41, 5.74) is 0. The molecular formula is C8H16O5S. The fraction of sp³-hybridized carbons (Fsp3) is 0.875. The molecule has 0 radical (unpaired) electrons. The summed E-state index contributed by atoms with van der Waals surface area (Å²) in [5.74, 6) is -0.647. The van der Waals surface area contributed by atoms with Gasteiger partial charge in [0.15, 0.2) is 6.61 Å². The van der Waals surface area contributed by atoms with Gasteiger partial charge < -0.3 is 4.74 Å². The molecule has 14 heavy (non-hydrogen) atoms. The van der Waals surface area contributed by atoms with Crippen LogP contribution >= 0.6 is 0 Å². The summed E-state index contributed by atoms with van der Waals surface area (Å²) >= 11 is 0. The van der Waals surface area contributed by atoms with E-state index in [1.165, 1.54) is 0 Å². The zero-order valence-electron chi connectivity index (χ0n) is 8.49. The molecule has 0 aromatic heterocycles. The molecule has 0 heterocycles. The van der Waals surface area contributed by atoms with E-state index in [2.05, 4.69) is 4.18 Å². The van der Waals surface area contributed by atoms with Gasteiger partial charge in [-0.15, -0.1) is 0 Å². The topological polar surface area (TPSA) is 69.7 Å².